The lowest BCUT2D eigenvalue weighted by molar-refractivity contribution is -0.153. The van der Waals surface area contributed by atoms with E-state index in [-0.39, 0.29) is 5.91 Å². The monoisotopic (exact) mass is 327 g/mol. The van der Waals surface area contributed by atoms with Gasteiger partial charge in [-0.15, -0.1) is 0 Å². The molecule has 1 aromatic carbocycles. The van der Waals surface area contributed by atoms with Gasteiger partial charge in [0.25, 0.3) is 0 Å². The first kappa shape index (κ1) is 15.7. The first-order valence-corrected chi connectivity index (χ1v) is 6.86. The molecule has 0 aliphatic carbocycles. The Morgan fingerprint density at radius 2 is 2.00 bits per heavy atom. The summed E-state index contributed by atoms with van der Waals surface area (Å²) in [6.45, 7) is 2.25. The van der Waals surface area contributed by atoms with Crippen LogP contribution in [0.15, 0.2) is 28.7 Å². The van der Waals surface area contributed by atoms with Crippen molar-refractivity contribution in [2.75, 3.05) is 14.2 Å². The second-order valence-electron chi connectivity index (χ2n) is 4.27. The Morgan fingerprint density at radius 3 is 2.53 bits per heavy atom. The van der Waals surface area contributed by atoms with Gasteiger partial charge in [0.15, 0.2) is 0 Å². The van der Waals surface area contributed by atoms with E-state index in [1.807, 2.05) is 24.3 Å². The quantitative estimate of drug-likeness (QED) is 0.617. The lowest BCUT2D eigenvalue weighted by Crippen LogP contribution is -2.36. The van der Waals surface area contributed by atoms with Crippen molar-refractivity contribution < 1.29 is 14.3 Å². The Hall–Kier alpha value is -1.36. The van der Waals surface area contributed by atoms with E-state index in [2.05, 4.69) is 20.7 Å². The van der Waals surface area contributed by atoms with Crippen LogP contribution in [0.2, 0.25) is 0 Å². The van der Waals surface area contributed by atoms with Gasteiger partial charge in [-0.1, -0.05) is 41.1 Å². The van der Waals surface area contributed by atoms with Crippen molar-refractivity contribution in [1.82, 2.24) is 4.90 Å². The molecule has 1 amide bonds. The first-order valence-electron chi connectivity index (χ1n) is 6.07. The van der Waals surface area contributed by atoms with Gasteiger partial charge in [0.05, 0.1) is 7.11 Å². The molecular formula is C14H18BrNO3. The number of hydrogen-bond acceptors (Lipinski definition) is 3. The fraction of sp³-hybridized carbons (Fsp3) is 0.429. The lowest BCUT2D eigenvalue weighted by atomic mass is 10.1. The summed E-state index contributed by atoms with van der Waals surface area (Å²) >= 11 is 3.44. The van der Waals surface area contributed by atoms with E-state index in [1.54, 1.807) is 18.9 Å². The molecule has 1 atom stereocenters. The third-order valence-corrected chi connectivity index (χ3v) is 3.71. The van der Waals surface area contributed by atoms with Crippen LogP contribution in [0.4, 0.5) is 0 Å². The van der Waals surface area contributed by atoms with Gasteiger partial charge in [-0.3, -0.25) is 9.59 Å². The molecule has 5 heteroatoms. The van der Waals surface area contributed by atoms with E-state index < -0.39 is 11.9 Å². The average Bonchev–Trinajstić information content (AvgIpc) is 2.41. The molecule has 104 valence electrons. The predicted molar refractivity (Wildman–Crippen MR) is 76.4 cm³/mol. The molecule has 0 saturated heterocycles. The van der Waals surface area contributed by atoms with Crippen LogP contribution in [0, 0.1) is 5.92 Å². The number of ether oxygens (including phenoxy) is 1. The van der Waals surface area contributed by atoms with Crippen molar-refractivity contribution in [3.63, 3.8) is 0 Å². The molecular weight excluding hydrogens is 310 g/mol. The molecule has 4 nitrogen and oxygen atoms in total. The van der Waals surface area contributed by atoms with Crippen molar-refractivity contribution in [3.05, 3.63) is 34.3 Å². The number of rotatable bonds is 5. The van der Waals surface area contributed by atoms with Gasteiger partial charge in [-0.05, 0) is 18.1 Å². The highest BCUT2D eigenvalue weighted by atomic mass is 79.9. The van der Waals surface area contributed by atoms with Crippen LogP contribution in [0.3, 0.4) is 0 Å². The van der Waals surface area contributed by atoms with Crippen LogP contribution in [0.1, 0.15) is 18.9 Å². The van der Waals surface area contributed by atoms with Gasteiger partial charge in [-0.25, -0.2) is 0 Å². The van der Waals surface area contributed by atoms with Gasteiger partial charge in [0, 0.05) is 18.1 Å². The van der Waals surface area contributed by atoms with Crippen LogP contribution in [-0.4, -0.2) is 30.9 Å². The minimum absolute atomic E-state index is 0.217. The number of hydrogen-bond donors (Lipinski definition) is 0. The largest absolute Gasteiger partial charge is 0.468 e. The molecule has 0 heterocycles. The predicted octanol–water partition coefficient (Wildman–Crippen LogP) is 2.61. The molecule has 1 rings (SSSR count). The molecule has 0 aromatic heterocycles. The normalized spacial score (nSPS) is 11.8. The zero-order chi connectivity index (χ0) is 14.4. The summed E-state index contributed by atoms with van der Waals surface area (Å²) in [4.78, 5) is 25.3. The summed E-state index contributed by atoms with van der Waals surface area (Å²) in [6.07, 6.45) is 0.436. The molecule has 0 bridgehead atoms. The van der Waals surface area contributed by atoms with Gasteiger partial charge in [0.2, 0.25) is 5.91 Å². The van der Waals surface area contributed by atoms with Crippen molar-refractivity contribution in [2.45, 2.75) is 19.9 Å². The maximum Gasteiger partial charge on any atom is 0.318 e. The molecule has 1 aromatic rings. The Bertz CT molecular complexity index is 462. The molecule has 0 aliphatic rings. The Labute approximate surface area is 121 Å². The Balaban J connectivity index is 2.77. The number of carbonyl (C=O) groups is 2. The zero-order valence-electron chi connectivity index (χ0n) is 11.4. The lowest BCUT2D eigenvalue weighted by Gasteiger charge is -2.22. The molecule has 0 N–H and O–H groups in total. The molecule has 0 saturated carbocycles. The van der Waals surface area contributed by atoms with E-state index in [0.29, 0.717) is 13.0 Å². The third-order valence-electron chi connectivity index (χ3n) is 2.93. The van der Waals surface area contributed by atoms with Gasteiger partial charge in [0.1, 0.15) is 5.92 Å². The molecule has 0 aliphatic heterocycles. The minimum atomic E-state index is -0.725. The number of methoxy groups -OCH3 is 1. The highest BCUT2D eigenvalue weighted by molar-refractivity contribution is 9.10. The topological polar surface area (TPSA) is 46.6 Å². The van der Waals surface area contributed by atoms with Crippen LogP contribution in [0.25, 0.3) is 0 Å². The second kappa shape index (κ2) is 7.28. The highest BCUT2D eigenvalue weighted by Crippen LogP contribution is 2.19. The summed E-state index contributed by atoms with van der Waals surface area (Å²) in [5, 5.41) is 0. The number of amides is 1. The number of carbonyl (C=O) groups excluding carboxylic acids is 2. The fourth-order valence-electron chi connectivity index (χ4n) is 1.81. The van der Waals surface area contributed by atoms with Crippen LogP contribution in [0.5, 0.6) is 0 Å². The van der Waals surface area contributed by atoms with Crippen LogP contribution in [-0.2, 0) is 20.9 Å². The molecule has 0 radical (unpaired) electrons. The molecule has 0 spiro atoms. The SMILES string of the molecule is CCC(C(=O)OC)C(=O)N(C)Cc1ccccc1Br. The number of esters is 1. The summed E-state index contributed by atoms with van der Waals surface area (Å²) in [5.74, 6) is -1.42. The van der Waals surface area contributed by atoms with E-state index >= 15 is 0 Å². The summed E-state index contributed by atoms with van der Waals surface area (Å²) in [7, 11) is 2.99. The average molecular weight is 328 g/mol. The first-order chi connectivity index (χ1) is 9.01. The standard InChI is InChI=1S/C14H18BrNO3/c1-4-11(14(18)19-3)13(17)16(2)9-10-7-5-6-8-12(10)15/h5-8,11H,4,9H2,1-3H3. The van der Waals surface area contributed by atoms with Gasteiger partial charge < -0.3 is 9.64 Å². The number of benzene rings is 1. The van der Waals surface area contributed by atoms with Crippen molar-refractivity contribution in [1.29, 1.82) is 0 Å². The number of halogens is 1. The van der Waals surface area contributed by atoms with Crippen LogP contribution < -0.4 is 0 Å². The van der Waals surface area contributed by atoms with Crippen molar-refractivity contribution >= 4 is 27.8 Å². The van der Waals surface area contributed by atoms with Crippen molar-refractivity contribution in [2.24, 2.45) is 5.92 Å². The fourth-order valence-corrected chi connectivity index (χ4v) is 2.22. The molecule has 19 heavy (non-hydrogen) atoms. The zero-order valence-corrected chi connectivity index (χ0v) is 12.9. The summed E-state index contributed by atoms with van der Waals surface area (Å²) < 4.78 is 5.60. The van der Waals surface area contributed by atoms with Gasteiger partial charge >= 0.3 is 5.97 Å². The maximum absolute atomic E-state index is 12.2. The van der Waals surface area contributed by atoms with E-state index in [9.17, 15) is 9.59 Å². The van der Waals surface area contributed by atoms with Gasteiger partial charge in [-0.2, -0.15) is 0 Å². The minimum Gasteiger partial charge on any atom is -0.468 e. The summed E-state index contributed by atoms with van der Waals surface area (Å²) in [5.41, 5.74) is 0.998. The van der Waals surface area contributed by atoms with E-state index in [1.165, 1.54) is 7.11 Å². The van der Waals surface area contributed by atoms with E-state index in [4.69, 9.17) is 0 Å². The second-order valence-corrected chi connectivity index (χ2v) is 5.12. The Kier molecular flexibility index (Phi) is 6.02. The van der Waals surface area contributed by atoms with Crippen molar-refractivity contribution in [3.8, 4) is 0 Å². The molecule has 1 unspecified atom stereocenters. The van der Waals surface area contributed by atoms with E-state index in [0.717, 1.165) is 10.0 Å². The number of nitrogens with zero attached hydrogens (tertiary/aromatic N) is 1. The Morgan fingerprint density at radius 1 is 1.37 bits per heavy atom. The maximum atomic E-state index is 12.2. The summed E-state index contributed by atoms with van der Waals surface area (Å²) in [6, 6.07) is 7.69. The smallest absolute Gasteiger partial charge is 0.318 e. The van der Waals surface area contributed by atoms with Crippen LogP contribution >= 0.6 is 15.9 Å². The molecule has 0 fully saturated rings. The third kappa shape index (κ3) is 4.06. The highest BCUT2D eigenvalue weighted by Gasteiger charge is 2.28.